The number of nitrogens with zero attached hydrogens (tertiary/aromatic N) is 3. The average Bonchev–Trinajstić information content (AvgIpc) is 2.75. The first kappa shape index (κ1) is 19.9. The summed E-state index contributed by atoms with van der Waals surface area (Å²) in [4.78, 5) is 19.6. The largest absolute Gasteiger partial charge is 0.369 e. The summed E-state index contributed by atoms with van der Waals surface area (Å²) in [5, 5.41) is 0. The standard InChI is InChI=1S/C24H30FN3O/c1-19-23-18-21(25)10-9-20(23)11-13-28(19)24(29)8-5-12-26-14-16-27(17-15-26)22-6-3-2-4-7-22/h2-4,6-7,9-10,18-19H,5,8,11-17H2,1H3. The van der Waals surface area contributed by atoms with E-state index in [1.165, 1.54) is 17.3 Å². The Morgan fingerprint density at radius 1 is 1.03 bits per heavy atom. The van der Waals surface area contributed by atoms with Gasteiger partial charge in [0.25, 0.3) is 0 Å². The number of halogens is 1. The number of hydrogen-bond donors (Lipinski definition) is 0. The fraction of sp³-hybridized carbons (Fsp3) is 0.458. The number of hydrogen-bond acceptors (Lipinski definition) is 3. The van der Waals surface area contributed by atoms with E-state index in [1.54, 1.807) is 6.07 Å². The van der Waals surface area contributed by atoms with Crippen molar-refractivity contribution in [1.82, 2.24) is 9.80 Å². The van der Waals surface area contributed by atoms with Crippen LogP contribution in [0, 0.1) is 5.82 Å². The molecule has 4 nitrogen and oxygen atoms in total. The molecule has 2 aliphatic rings. The molecule has 0 aliphatic carbocycles. The first-order valence-electron chi connectivity index (χ1n) is 10.7. The predicted molar refractivity (Wildman–Crippen MR) is 115 cm³/mol. The average molecular weight is 396 g/mol. The van der Waals surface area contributed by atoms with Crippen LogP contribution < -0.4 is 4.90 Å². The van der Waals surface area contributed by atoms with Crippen LogP contribution in [0.4, 0.5) is 10.1 Å². The van der Waals surface area contributed by atoms with Gasteiger partial charge in [-0.05, 0) is 61.7 Å². The summed E-state index contributed by atoms with van der Waals surface area (Å²) in [5.41, 5.74) is 3.42. The highest BCUT2D eigenvalue weighted by molar-refractivity contribution is 5.77. The Hall–Kier alpha value is -2.40. The van der Waals surface area contributed by atoms with Crippen molar-refractivity contribution in [2.24, 2.45) is 0 Å². The molecule has 5 heteroatoms. The molecule has 1 saturated heterocycles. The number of rotatable bonds is 5. The molecule has 2 aromatic carbocycles. The number of carbonyl (C=O) groups excluding carboxylic acids is 1. The minimum atomic E-state index is -0.223. The molecule has 0 saturated carbocycles. The molecule has 154 valence electrons. The maximum Gasteiger partial charge on any atom is 0.223 e. The molecule has 1 atom stereocenters. The molecule has 2 heterocycles. The van der Waals surface area contributed by atoms with Crippen molar-refractivity contribution in [3.63, 3.8) is 0 Å². The lowest BCUT2D eigenvalue weighted by Crippen LogP contribution is -2.46. The smallest absolute Gasteiger partial charge is 0.223 e. The summed E-state index contributed by atoms with van der Waals surface area (Å²) in [7, 11) is 0. The zero-order valence-corrected chi connectivity index (χ0v) is 17.2. The lowest BCUT2D eigenvalue weighted by Gasteiger charge is -2.37. The van der Waals surface area contributed by atoms with Gasteiger partial charge in [-0.3, -0.25) is 9.69 Å². The lowest BCUT2D eigenvalue weighted by molar-refractivity contribution is -0.133. The van der Waals surface area contributed by atoms with E-state index < -0.39 is 0 Å². The van der Waals surface area contributed by atoms with Crippen LogP contribution in [0.25, 0.3) is 0 Å². The molecular weight excluding hydrogens is 365 g/mol. The van der Waals surface area contributed by atoms with E-state index in [0.717, 1.165) is 57.7 Å². The molecular formula is C24H30FN3O. The molecule has 1 amide bonds. The topological polar surface area (TPSA) is 26.8 Å². The molecule has 0 spiro atoms. The van der Waals surface area contributed by atoms with Crippen LogP contribution in [0.2, 0.25) is 0 Å². The van der Waals surface area contributed by atoms with Gasteiger partial charge < -0.3 is 9.80 Å². The van der Waals surface area contributed by atoms with Crippen molar-refractivity contribution in [3.05, 3.63) is 65.5 Å². The van der Waals surface area contributed by atoms with Crippen molar-refractivity contribution in [1.29, 1.82) is 0 Å². The highest BCUT2D eigenvalue weighted by Gasteiger charge is 2.27. The number of anilines is 1. The van der Waals surface area contributed by atoms with Crippen LogP contribution in [-0.4, -0.2) is 55.0 Å². The molecule has 1 fully saturated rings. The van der Waals surface area contributed by atoms with Gasteiger partial charge in [-0.2, -0.15) is 0 Å². The number of piperazine rings is 1. The van der Waals surface area contributed by atoms with E-state index >= 15 is 0 Å². The lowest BCUT2D eigenvalue weighted by atomic mass is 9.93. The molecule has 1 unspecified atom stereocenters. The van der Waals surface area contributed by atoms with Gasteiger partial charge in [-0.15, -0.1) is 0 Å². The molecule has 29 heavy (non-hydrogen) atoms. The molecule has 2 aromatic rings. The Morgan fingerprint density at radius 3 is 2.55 bits per heavy atom. The van der Waals surface area contributed by atoms with Crippen LogP contribution in [0.1, 0.15) is 36.9 Å². The Balaban J connectivity index is 1.23. The van der Waals surface area contributed by atoms with Crippen molar-refractivity contribution in [2.45, 2.75) is 32.2 Å². The summed E-state index contributed by atoms with van der Waals surface area (Å²) < 4.78 is 13.6. The quantitative estimate of drug-likeness (QED) is 0.769. The highest BCUT2D eigenvalue weighted by atomic mass is 19.1. The van der Waals surface area contributed by atoms with Gasteiger partial charge in [0.05, 0.1) is 6.04 Å². The maximum absolute atomic E-state index is 13.6. The molecule has 0 radical (unpaired) electrons. The Bertz CT molecular complexity index is 833. The number of carbonyl (C=O) groups is 1. The van der Waals surface area contributed by atoms with E-state index in [1.807, 2.05) is 17.9 Å². The second-order valence-electron chi connectivity index (χ2n) is 8.12. The minimum Gasteiger partial charge on any atom is -0.369 e. The zero-order chi connectivity index (χ0) is 20.2. The maximum atomic E-state index is 13.6. The Labute approximate surface area is 172 Å². The molecule has 0 aromatic heterocycles. The van der Waals surface area contributed by atoms with Crippen molar-refractivity contribution >= 4 is 11.6 Å². The Morgan fingerprint density at radius 2 is 1.79 bits per heavy atom. The van der Waals surface area contributed by atoms with Crippen molar-refractivity contribution < 1.29 is 9.18 Å². The second-order valence-corrected chi connectivity index (χ2v) is 8.12. The minimum absolute atomic E-state index is 0.0450. The molecule has 2 aliphatic heterocycles. The fourth-order valence-electron chi connectivity index (χ4n) is 4.59. The van der Waals surface area contributed by atoms with Crippen LogP contribution >= 0.6 is 0 Å². The number of para-hydroxylation sites is 1. The fourth-order valence-corrected chi connectivity index (χ4v) is 4.59. The predicted octanol–water partition coefficient (Wildman–Crippen LogP) is 3.87. The third-order valence-electron chi connectivity index (χ3n) is 6.33. The summed E-state index contributed by atoms with van der Waals surface area (Å²) in [6.07, 6.45) is 2.25. The third kappa shape index (κ3) is 4.61. The SMILES string of the molecule is CC1c2cc(F)ccc2CCN1C(=O)CCCN1CCN(c2ccccc2)CC1. The molecule has 0 N–H and O–H groups in total. The van der Waals surface area contributed by atoms with Gasteiger partial charge in [0.1, 0.15) is 5.82 Å². The normalized spacial score (nSPS) is 19.9. The van der Waals surface area contributed by atoms with Gasteiger partial charge in [0, 0.05) is 44.8 Å². The highest BCUT2D eigenvalue weighted by Crippen LogP contribution is 2.30. The molecule has 0 bridgehead atoms. The van der Waals surface area contributed by atoms with Gasteiger partial charge in [0.15, 0.2) is 0 Å². The summed E-state index contributed by atoms with van der Waals surface area (Å²) in [5.74, 6) is -0.0325. The van der Waals surface area contributed by atoms with Crippen molar-refractivity contribution in [3.8, 4) is 0 Å². The van der Waals surface area contributed by atoms with Gasteiger partial charge >= 0.3 is 0 Å². The second kappa shape index (κ2) is 8.95. The summed E-state index contributed by atoms with van der Waals surface area (Å²) in [6, 6.07) is 15.5. The van der Waals surface area contributed by atoms with E-state index in [0.29, 0.717) is 6.42 Å². The van der Waals surface area contributed by atoms with Crippen LogP contribution in [-0.2, 0) is 11.2 Å². The molecule has 4 rings (SSSR count). The number of amides is 1. The number of benzene rings is 2. The monoisotopic (exact) mass is 395 g/mol. The number of fused-ring (bicyclic) bond motifs is 1. The Kier molecular flexibility index (Phi) is 6.14. The van der Waals surface area contributed by atoms with Gasteiger partial charge in [-0.25, -0.2) is 4.39 Å². The van der Waals surface area contributed by atoms with E-state index in [2.05, 4.69) is 40.1 Å². The van der Waals surface area contributed by atoms with Crippen molar-refractivity contribution in [2.75, 3.05) is 44.2 Å². The van der Waals surface area contributed by atoms with E-state index in [4.69, 9.17) is 0 Å². The van der Waals surface area contributed by atoms with Crippen LogP contribution in [0.5, 0.6) is 0 Å². The van der Waals surface area contributed by atoms with Gasteiger partial charge in [-0.1, -0.05) is 24.3 Å². The first-order chi connectivity index (χ1) is 14.1. The van der Waals surface area contributed by atoms with E-state index in [-0.39, 0.29) is 17.8 Å². The summed E-state index contributed by atoms with van der Waals surface area (Å²) in [6.45, 7) is 7.84. The van der Waals surface area contributed by atoms with E-state index in [9.17, 15) is 9.18 Å². The first-order valence-corrected chi connectivity index (χ1v) is 10.7. The third-order valence-corrected chi connectivity index (χ3v) is 6.33. The zero-order valence-electron chi connectivity index (χ0n) is 17.2. The van der Waals surface area contributed by atoms with Crippen LogP contribution in [0.3, 0.4) is 0 Å². The summed E-state index contributed by atoms with van der Waals surface area (Å²) >= 11 is 0. The van der Waals surface area contributed by atoms with Gasteiger partial charge in [0.2, 0.25) is 5.91 Å². The van der Waals surface area contributed by atoms with Crippen LogP contribution in [0.15, 0.2) is 48.5 Å².